The van der Waals surface area contributed by atoms with E-state index in [-0.39, 0.29) is 11.4 Å². The largest absolute Gasteiger partial charge is 0.392 e. The Morgan fingerprint density at radius 3 is 2.62 bits per heavy atom. The average Bonchev–Trinajstić information content (AvgIpc) is 2.45. The highest BCUT2D eigenvalue weighted by Crippen LogP contribution is 2.29. The Morgan fingerprint density at radius 1 is 1.50 bits per heavy atom. The average molecular weight is 243 g/mol. The first-order valence-corrected chi connectivity index (χ1v) is 6.37. The van der Waals surface area contributed by atoms with E-state index < -0.39 is 0 Å². The van der Waals surface area contributed by atoms with Gasteiger partial charge in [-0.05, 0) is 20.9 Å². The van der Waals surface area contributed by atoms with Gasteiger partial charge in [0.05, 0.1) is 16.8 Å². The van der Waals surface area contributed by atoms with Gasteiger partial charge in [-0.1, -0.05) is 6.92 Å². The van der Waals surface area contributed by atoms with Crippen LogP contribution in [0.3, 0.4) is 0 Å². The van der Waals surface area contributed by atoms with Gasteiger partial charge >= 0.3 is 0 Å². The van der Waals surface area contributed by atoms with Gasteiger partial charge in [-0.15, -0.1) is 11.8 Å². The lowest BCUT2D eigenvalue weighted by atomic mass is 10.3. The Morgan fingerprint density at radius 2 is 2.12 bits per heavy atom. The third-order valence-corrected chi connectivity index (χ3v) is 4.12. The minimum Gasteiger partial charge on any atom is -0.392 e. The molecule has 0 aliphatic rings. The zero-order valence-electron chi connectivity index (χ0n) is 10.6. The monoisotopic (exact) mass is 243 g/mol. The van der Waals surface area contributed by atoms with Crippen LogP contribution in [-0.4, -0.2) is 33.3 Å². The highest BCUT2D eigenvalue weighted by Gasteiger charge is 2.18. The Kier molecular flexibility index (Phi) is 4.83. The van der Waals surface area contributed by atoms with E-state index in [2.05, 4.69) is 10.4 Å². The van der Waals surface area contributed by atoms with Crippen molar-refractivity contribution in [2.75, 3.05) is 7.05 Å². The van der Waals surface area contributed by atoms with Crippen molar-refractivity contribution in [3.8, 4) is 0 Å². The zero-order valence-corrected chi connectivity index (χ0v) is 11.4. The number of nitrogens with zero attached hydrogens (tertiary/aromatic N) is 2. The molecule has 5 heteroatoms. The second-order valence-corrected chi connectivity index (χ2v) is 5.45. The van der Waals surface area contributed by atoms with Gasteiger partial charge < -0.3 is 10.4 Å². The number of thioether (sulfide) groups is 1. The van der Waals surface area contributed by atoms with Crippen LogP contribution in [0.4, 0.5) is 0 Å². The maximum Gasteiger partial charge on any atom is 0.0987 e. The van der Waals surface area contributed by atoms with E-state index in [1.165, 1.54) is 5.56 Å². The minimum absolute atomic E-state index is 0.172. The molecule has 0 amide bonds. The van der Waals surface area contributed by atoms with E-state index in [1.807, 2.05) is 39.5 Å². The molecule has 4 nitrogen and oxygen atoms in total. The summed E-state index contributed by atoms with van der Waals surface area (Å²) in [5.41, 5.74) is 2.28. The Balaban J connectivity index is 2.93. The lowest BCUT2D eigenvalue weighted by Crippen LogP contribution is -2.16. The Bertz CT molecular complexity index is 349. The molecule has 0 saturated heterocycles. The summed E-state index contributed by atoms with van der Waals surface area (Å²) >= 11 is 1.68. The molecule has 0 aromatic carbocycles. The molecule has 0 spiro atoms. The van der Waals surface area contributed by atoms with Gasteiger partial charge in [0, 0.05) is 24.4 Å². The van der Waals surface area contributed by atoms with E-state index >= 15 is 0 Å². The van der Waals surface area contributed by atoms with Crippen molar-refractivity contribution in [1.29, 1.82) is 0 Å². The van der Waals surface area contributed by atoms with Crippen LogP contribution in [0.25, 0.3) is 0 Å². The van der Waals surface area contributed by atoms with E-state index in [1.54, 1.807) is 11.8 Å². The number of hydrogen-bond acceptors (Lipinski definition) is 4. The number of aliphatic hydroxyl groups excluding tert-OH is 1. The molecule has 2 N–H and O–H groups in total. The van der Waals surface area contributed by atoms with Gasteiger partial charge in [-0.3, -0.25) is 4.68 Å². The highest BCUT2D eigenvalue weighted by atomic mass is 32.2. The van der Waals surface area contributed by atoms with Crippen molar-refractivity contribution in [2.45, 2.75) is 43.7 Å². The molecule has 16 heavy (non-hydrogen) atoms. The molecular formula is C11H21N3OS. The van der Waals surface area contributed by atoms with Crippen molar-refractivity contribution in [1.82, 2.24) is 15.1 Å². The lowest BCUT2D eigenvalue weighted by molar-refractivity contribution is 0.196. The fourth-order valence-electron chi connectivity index (χ4n) is 1.48. The number of aromatic nitrogens is 2. The normalized spacial score (nSPS) is 15.1. The summed E-state index contributed by atoms with van der Waals surface area (Å²) in [5.74, 6) is 0. The Labute approximate surface area is 101 Å². The molecule has 0 aliphatic carbocycles. The smallest absolute Gasteiger partial charge is 0.0987 e. The van der Waals surface area contributed by atoms with Crippen LogP contribution in [0.2, 0.25) is 0 Å². The van der Waals surface area contributed by atoms with E-state index in [0.29, 0.717) is 0 Å². The van der Waals surface area contributed by atoms with Crippen LogP contribution in [0, 0.1) is 6.92 Å². The van der Waals surface area contributed by atoms with Gasteiger partial charge in [0.25, 0.3) is 0 Å². The summed E-state index contributed by atoms with van der Waals surface area (Å²) < 4.78 is 1.89. The molecular weight excluding hydrogens is 222 g/mol. The van der Waals surface area contributed by atoms with Gasteiger partial charge in [-0.25, -0.2) is 0 Å². The number of nitrogens with one attached hydrogen (secondary N) is 1. The molecule has 1 heterocycles. The maximum atomic E-state index is 9.53. The van der Waals surface area contributed by atoms with Crippen molar-refractivity contribution in [3.05, 3.63) is 11.3 Å². The quantitative estimate of drug-likeness (QED) is 0.766. The predicted molar refractivity (Wildman–Crippen MR) is 67.7 cm³/mol. The third-order valence-electron chi connectivity index (χ3n) is 2.62. The van der Waals surface area contributed by atoms with E-state index in [9.17, 15) is 5.11 Å². The van der Waals surface area contributed by atoms with Crippen LogP contribution in [0.15, 0.2) is 5.03 Å². The molecule has 92 valence electrons. The standard InChI is InChI=1S/C11H21N3OS/c1-7-10(6-12-4)11(14(5)13-7)16-9(3)8(2)15/h8-9,12,15H,6H2,1-5H3. The topological polar surface area (TPSA) is 50.1 Å². The van der Waals surface area contributed by atoms with Gasteiger partial charge in [0.2, 0.25) is 0 Å². The van der Waals surface area contributed by atoms with Crippen molar-refractivity contribution in [3.63, 3.8) is 0 Å². The zero-order chi connectivity index (χ0) is 12.3. The van der Waals surface area contributed by atoms with Crippen molar-refractivity contribution in [2.24, 2.45) is 7.05 Å². The first kappa shape index (κ1) is 13.5. The third kappa shape index (κ3) is 2.99. The number of aliphatic hydroxyl groups is 1. The second-order valence-electron chi connectivity index (χ2n) is 4.09. The van der Waals surface area contributed by atoms with Gasteiger partial charge in [0.15, 0.2) is 0 Å². The van der Waals surface area contributed by atoms with Crippen LogP contribution >= 0.6 is 11.8 Å². The minimum atomic E-state index is -0.317. The molecule has 0 saturated carbocycles. The van der Waals surface area contributed by atoms with Gasteiger partial charge in [0.1, 0.15) is 0 Å². The lowest BCUT2D eigenvalue weighted by Gasteiger charge is -2.15. The summed E-state index contributed by atoms with van der Waals surface area (Å²) in [5, 5.41) is 18.4. The van der Waals surface area contributed by atoms with Crippen LogP contribution in [0.1, 0.15) is 25.1 Å². The fourth-order valence-corrected chi connectivity index (χ4v) is 2.59. The summed E-state index contributed by atoms with van der Waals surface area (Å²) in [6, 6.07) is 0. The second kappa shape index (κ2) is 5.70. The molecule has 1 rings (SSSR count). The molecule has 0 radical (unpaired) electrons. The molecule has 2 atom stereocenters. The number of aryl methyl sites for hydroxylation is 2. The van der Waals surface area contributed by atoms with Crippen LogP contribution in [0.5, 0.6) is 0 Å². The van der Waals surface area contributed by atoms with Crippen molar-refractivity contribution < 1.29 is 5.11 Å². The van der Waals surface area contributed by atoms with Gasteiger partial charge in [-0.2, -0.15) is 5.10 Å². The van der Waals surface area contributed by atoms with Crippen LogP contribution in [-0.2, 0) is 13.6 Å². The fraction of sp³-hybridized carbons (Fsp3) is 0.727. The summed E-state index contributed by atoms with van der Waals surface area (Å²) in [4.78, 5) is 0. The molecule has 0 aliphatic heterocycles. The highest BCUT2D eigenvalue weighted by molar-refractivity contribution is 8.00. The summed E-state index contributed by atoms with van der Waals surface area (Å²) in [6.45, 7) is 6.68. The van der Waals surface area contributed by atoms with E-state index in [4.69, 9.17) is 0 Å². The molecule has 1 aromatic heterocycles. The van der Waals surface area contributed by atoms with Crippen LogP contribution < -0.4 is 5.32 Å². The summed E-state index contributed by atoms with van der Waals surface area (Å²) in [7, 11) is 3.88. The number of hydrogen-bond donors (Lipinski definition) is 2. The SMILES string of the molecule is CNCc1c(C)nn(C)c1SC(C)C(C)O. The predicted octanol–water partition coefficient (Wildman–Crippen LogP) is 1.31. The molecule has 1 aromatic rings. The van der Waals surface area contributed by atoms with E-state index in [0.717, 1.165) is 17.3 Å². The molecule has 0 bridgehead atoms. The molecule has 0 fully saturated rings. The van der Waals surface area contributed by atoms with Crippen molar-refractivity contribution >= 4 is 11.8 Å². The summed E-state index contributed by atoms with van der Waals surface area (Å²) in [6.07, 6.45) is -0.317. The molecule has 2 unspecified atom stereocenters. The number of rotatable bonds is 5. The first-order chi connectivity index (χ1) is 7.47. The first-order valence-electron chi connectivity index (χ1n) is 5.49. The Hall–Kier alpha value is -0.520. The maximum absolute atomic E-state index is 9.53.